The highest BCUT2D eigenvalue weighted by molar-refractivity contribution is 7.17. The lowest BCUT2D eigenvalue weighted by Crippen LogP contribution is -2.35. The normalized spacial score (nSPS) is 22.5. The summed E-state index contributed by atoms with van der Waals surface area (Å²) in [5.74, 6) is 0.132. The van der Waals surface area contributed by atoms with Crippen LogP contribution < -0.4 is 4.90 Å². The van der Waals surface area contributed by atoms with E-state index < -0.39 is 0 Å². The summed E-state index contributed by atoms with van der Waals surface area (Å²) in [5, 5.41) is 1.98. The maximum Gasteiger partial charge on any atom is 0.235 e. The Morgan fingerprint density at radius 2 is 1.73 bits per heavy atom. The van der Waals surface area contributed by atoms with E-state index in [1.165, 1.54) is 4.90 Å². The Bertz CT molecular complexity index is 979. The van der Waals surface area contributed by atoms with Gasteiger partial charge < -0.3 is 4.90 Å². The molecule has 2 aliphatic heterocycles. The molecule has 0 aliphatic carbocycles. The van der Waals surface area contributed by atoms with Crippen LogP contribution in [-0.4, -0.2) is 39.8 Å². The van der Waals surface area contributed by atoms with Crippen LogP contribution in [0.15, 0.2) is 48.1 Å². The Balaban J connectivity index is 1.39. The van der Waals surface area contributed by atoms with Gasteiger partial charge >= 0.3 is 0 Å². The highest BCUT2D eigenvalue weighted by Crippen LogP contribution is 2.38. The topological polar surface area (TPSA) is 66.4 Å². The SMILES string of the molecule is O=C1C2CN(c3ncnc4ccsc34)CC2C(=O)N1Cc1ccccc1. The second-order valence-electron chi connectivity index (χ2n) is 6.70. The first-order valence-corrected chi connectivity index (χ1v) is 9.42. The number of imide groups is 1. The Morgan fingerprint density at radius 1 is 1.00 bits per heavy atom. The van der Waals surface area contributed by atoms with E-state index in [-0.39, 0.29) is 23.7 Å². The van der Waals surface area contributed by atoms with Gasteiger partial charge in [0.25, 0.3) is 0 Å². The molecule has 2 amide bonds. The standard InChI is InChI=1S/C19H16N4O2S/c24-18-13-9-22(17-16-15(6-7-26-16)20-11-21-17)10-14(13)19(25)23(18)8-12-4-2-1-3-5-12/h1-7,11,13-14H,8-10H2. The first-order valence-electron chi connectivity index (χ1n) is 8.54. The van der Waals surface area contributed by atoms with Gasteiger partial charge in [-0.15, -0.1) is 11.3 Å². The van der Waals surface area contributed by atoms with Crippen molar-refractivity contribution in [3.8, 4) is 0 Å². The molecule has 130 valence electrons. The average molecular weight is 364 g/mol. The van der Waals surface area contributed by atoms with E-state index in [1.807, 2.05) is 41.8 Å². The van der Waals surface area contributed by atoms with E-state index in [0.717, 1.165) is 21.6 Å². The number of amides is 2. The molecule has 0 N–H and O–H groups in total. The van der Waals surface area contributed by atoms with Crippen LogP contribution in [0.5, 0.6) is 0 Å². The first kappa shape index (κ1) is 15.5. The number of carbonyl (C=O) groups is 2. The van der Waals surface area contributed by atoms with Crippen molar-refractivity contribution in [3.05, 3.63) is 53.7 Å². The van der Waals surface area contributed by atoms with Crippen molar-refractivity contribution in [2.24, 2.45) is 11.8 Å². The molecule has 7 heteroatoms. The Kier molecular flexibility index (Phi) is 3.49. The lowest BCUT2D eigenvalue weighted by atomic mass is 10.00. The van der Waals surface area contributed by atoms with Gasteiger partial charge in [-0.2, -0.15) is 0 Å². The molecule has 0 spiro atoms. The van der Waals surface area contributed by atoms with Crippen molar-refractivity contribution in [3.63, 3.8) is 0 Å². The van der Waals surface area contributed by atoms with Crippen LogP contribution in [0.4, 0.5) is 5.82 Å². The van der Waals surface area contributed by atoms with Gasteiger partial charge in [0.2, 0.25) is 11.8 Å². The maximum atomic E-state index is 12.8. The zero-order valence-electron chi connectivity index (χ0n) is 13.9. The number of fused-ring (bicyclic) bond motifs is 2. The summed E-state index contributed by atoms with van der Waals surface area (Å²) in [6.45, 7) is 1.42. The molecule has 2 fully saturated rings. The molecule has 5 rings (SSSR count). The van der Waals surface area contributed by atoms with Crippen LogP contribution in [0.1, 0.15) is 5.56 Å². The smallest absolute Gasteiger partial charge is 0.235 e. The van der Waals surface area contributed by atoms with E-state index in [9.17, 15) is 9.59 Å². The predicted molar refractivity (Wildman–Crippen MR) is 98.6 cm³/mol. The summed E-state index contributed by atoms with van der Waals surface area (Å²) in [6.07, 6.45) is 1.55. The molecule has 2 unspecified atom stereocenters. The highest BCUT2D eigenvalue weighted by atomic mass is 32.1. The number of rotatable bonds is 3. The predicted octanol–water partition coefficient (Wildman–Crippen LogP) is 2.31. The monoisotopic (exact) mass is 364 g/mol. The molecule has 0 bridgehead atoms. The molecule has 0 radical (unpaired) electrons. The van der Waals surface area contributed by atoms with Crippen molar-refractivity contribution in [2.45, 2.75) is 6.54 Å². The molecule has 26 heavy (non-hydrogen) atoms. The number of likely N-dealkylation sites (tertiary alicyclic amines) is 1. The van der Waals surface area contributed by atoms with Crippen LogP contribution in [0.25, 0.3) is 10.2 Å². The van der Waals surface area contributed by atoms with E-state index in [0.29, 0.717) is 19.6 Å². The molecule has 2 aromatic heterocycles. The van der Waals surface area contributed by atoms with Gasteiger partial charge in [-0.1, -0.05) is 30.3 Å². The van der Waals surface area contributed by atoms with Gasteiger partial charge in [0.1, 0.15) is 12.1 Å². The minimum Gasteiger partial charge on any atom is -0.354 e. The van der Waals surface area contributed by atoms with Crippen LogP contribution in [-0.2, 0) is 16.1 Å². The second kappa shape index (κ2) is 5.88. The summed E-state index contributed by atoms with van der Waals surface area (Å²) in [6, 6.07) is 11.6. The molecule has 6 nitrogen and oxygen atoms in total. The van der Waals surface area contributed by atoms with Crippen molar-refractivity contribution in [1.82, 2.24) is 14.9 Å². The fourth-order valence-corrected chi connectivity index (χ4v) is 4.77. The van der Waals surface area contributed by atoms with Crippen LogP contribution in [0, 0.1) is 11.8 Å². The number of hydrogen-bond donors (Lipinski definition) is 0. The minimum absolute atomic E-state index is 0.0668. The van der Waals surface area contributed by atoms with Gasteiger partial charge in [0.15, 0.2) is 0 Å². The molecule has 2 atom stereocenters. The van der Waals surface area contributed by atoms with Crippen molar-refractivity contribution in [2.75, 3.05) is 18.0 Å². The van der Waals surface area contributed by atoms with Gasteiger partial charge in [0, 0.05) is 13.1 Å². The molecule has 4 heterocycles. The van der Waals surface area contributed by atoms with Gasteiger partial charge in [-0.05, 0) is 17.0 Å². The summed E-state index contributed by atoms with van der Waals surface area (Å²) >= 11 is 1.59. The van der Waals surface area contributed by atoms with Gasteiger partial charge in [0.05, 0.1) is 28.6 Å². The summed E-state index contributed by atoms with van der Waals surface area (Å²) in [5.41, 5.74) is 1.88. The summed E-state index contributed by atoms with van der Waals surface area (Å²) < 4.78 is 1.01. The fraction of sp³-hybridized carbons (Fsp3) is 0.263. The minimum atomic E-state index is -0.281. The molecule has 2 aliphatic rings. The van der Waals surface area contributed by atoms with Gasteiger partial charge in [-0.3, -0.25) is 14.5 Å². The Morgan fingerprint density at radius 3 is 2.46 bits per heavy atom. The third kappa shape index (κ3) is 2.31. The zero-order chi connectivity index (χ0) is 17.7. The van der Waals surface area contributed by atoms with Gasteiger partial charge in [-0.25, -0.2) is 9.97 Å². The number of thiophene rings is 1. The molecule has 1 aromatic carbocycles. The number of nitrogens with zero attached hydrogens (tertiary/aromatic N) is 4. The van der Waals surface area contributed by atoms with E-state index in [4.69, 9.17) is 0 Å². The van der Waals surface area contributed by atoms with Crippen molar-refractivity contribution in [1.29, 1.82) is 0 Å². The zero-order valence-corrected chi connectivity index (χ0v) is 14.7. The number of aromatic nitrogens is 2. The summed E-state index contributed by atoms with van der Waals surface area (Å²) in [7, 11) is 0. The molecule has 0 saturated carbocycles. The third-order valence-electron chi connectivity index (χ3n) is 5.19. The molecule has 2 saturated heterocycles. The van der Waals surface area contributed by atoms with Crippen LogP contribution in [0.3, 0.4) is 0 Å². The molecule has 3 aromatic rings. The summed E-state index contributed by atoms with van der Waals surface area (Å²) in [4.78, 5) is 37.8. The number of hydrogen-bond acceptors (Lipinski definition) is 6. The van der Waals surface area contributed by atoms with Crippen LogP contribution in [0.2, 0.25) is 0 Å². The molecular formula is C19H16N4O2S. The first-order chi connectivity index (χ1) is 12.7. The fourth-order valence-electron chi connectivity index (χ4n) is 3.91. The van der Waals surface area contributed by atoms with E-state index in [2.05, 4.69) is 14.9 Å². The Labute approximate surface area is 154 Å². The average Bonchev–Trinajstić information content (AvgIpc) is 3.36. The van der Waals surface area contributed by atoms with E-state index >= 15 is 0 Å². The van der Waals surface area contributed by atoms with E-state index in [1.54, 1.807) is 17.7 Å². The van der Waals surface area contributed by atoms with Crippen LogP contribution >= 0.6 is 11.3 Å². The lowest BCUT2D eigenvalue weighted by molar-refractivity contribution is -0.140. The number of benzene rings is 1. The van der Waals surface area contributed by atoms with Crippen molar-refractivity contribution >= 4 is 39.2 Å². The second-order valence-corrected chi connectivity index (χ2v) is 7.61. The quantitative estimate of drug-likeness (QED) is 0.667. The van der Waals surface area contributed by atoms with Crippen molar-refractivity contribution < 1.29 is 9.59 Å². The third-order valence-corrected chi connectivity index (χ3v) is 6.09. The highest BCUT2D eigenvalue weighted by Gasteiger charge is 2.52. The number of anilines is 1. The largest absolute Gasteiger partial charge is 0.354 e. The number of carbonyl (C=O) groups excluding carboxylic acids is 2. The Hall–Kier alpha value is -2.80. The lowest BCUT2D eigenvalue weighted by Gasteiger charge is -2.21. The maximum absolute atomic E-state index is 12.8. The molecular weight excluding hydrogens is 348 g/mol.